The van der Waals surface area contributed by atoms with Gasteiger partial charge in [-0.1, -0.05) is 30.3 Å². The maximum atomic E-state index is 5.91. The van der Waals surface area contributed by atoms with Crippen LogP contribution in [-0.4, -0.2) is 25.8 Å². The van der Waals surface area contributed by atoms with Crippen LogP contribution in [0.1, 0.15) is 18.4 Å². The van der Waals surface area contributed by atoms with Crippen molar-refractivity contribution in [1.29, 1.82) is 0 Å². The van der Waals surface area contributed by atoms with Crippen molar-refractivity contribution >= 4 is 0 Å². The zero-order chi connectivity index (χ0) is 11.7. The molecular formula is C15H21NO. The lowest BCUT2D eigenvalue weighted by Gasteiger charge is -2.29. The maximum absolute atomic E-state index is 5.91. The van der Waals surface area contributed by atoms with E-state index in [0.29, 0.717) is 0 Å². The predicted molar refractivity (Wildman–Crippen MR) is 69.0 cm³/mol. The third-order valence-corrected chi connectivity index (χ3v) is 4.55. The highest BCUT2D eigenvalue weighted by Crippen LogP contribution is 2.44. The molecule has 2 heteroatoms. The molecule has 0 aromatic heterocycles. The van der Waals surface area contributed by atoms with Gasteiger partial charge < -0.3 is 10.1 Å². The molecule has 0 unspecified atom stereocenters. The Hall–Kier alpha value is -0.860. The molecule has 17 heavy (non-hydrogen) atoms. The molecule has 1 saturated carbocycles. The predicted octanol–water partition coefficient (Wildman–Crippen LogP) is 2.24. The van der Waals surface area contributed by atoms with Gasteiger partial charge in [0.1, 0.15) is 0 Å². The number of hydrogen-bond acceptors (Lipinski definition) is 2. The first-order valence-electron chi connectivity index (χ1n) is 6.61. The number of ether oxygens (including phenoxy) is 1. The van der Waals surface area contributed by atoms with Gasteiger partial charge in [-0.3, -0.25) is 0 Å². The Morgan fingerprint density at radius 3 is 2.41 bits per heavy atom. The Bertz CT molecular complexity index is 364. The molecule has 1 heterocycles. The Balaban J connectivity index is 1.75. The summed E-state index contributed by atoms with van der Waals surface area (Å²) in [6.07, 6.45) is 3.50. The molecule has 3 atom stereocenters. The first-order valence-corrected chi connectivity index (χ1v) is 6.61. The zero-order valence-electron chi connectivity index (χ0n) is 10.5. The fourth-order valence-corrected chi connectivity index (χ4v) is 3.66. The van der Waals surface area contributed by atoms with Gasteiger partial charge in [-0.15, -0.1) is 0 Å². The molecule has 1 aromatic rings. The van der Waals surface area contributed by atoms with Gasteiger partial charge in [-0.2, -0.15) is 0 Å². The lowest BCUT2D eigenvalue weighted by Crippen LogP contribution is -2.33. The van der Waals surface area contributed by atoms with Crippen LogP contribution < -0.4 is 5.32 Å². The fourth-order valence-electron chi connectivity index (χ4n) is 3.66. The Morgan fingerprint density at radius 1 is 1.18 bits per heavy atom. The molecule has 1 aliphatic carbocycles. The summed E-state index contributed by atoms with van der Waals surface area (Å²) in [6.45, 7) is 2.37. The molecule has 92 valence electrons. The monoisotopic (exact) mass is 231 g/mol. The molecule has 0 amide bonds. The van der Waals surface area contributed by atoms with Crippen LogP contribution in [0.4, 0.5) is 0 Å². The minimum atomic E-state index is 0.0960. The van der Waals surface area contributed by atoms with E-state index in [0.717, 1.165) is 18.3 Å². The van der Waals surface area contributed by atoms with Gasteiger partial charge in [-0.05, 0) is 43.3 Å². The summed E-state index contributed by atoms with van der Waals surface area (Å²) in [7, 11) is 1.89. The minimum Gasteiger partial charge on any atom is -0.378 e. The molecule has 2 fully saturated rings. The molecule has 1 saturated heterocycles. The van der Waals surface area contributed by atoms with Crippen molar-refractivity contribution in [3.8, 4) is 0 Å². The van der Waals surface area contributed by atoms with E-state index in [9.17, 15) is 0 Å². The van der Waals surface area contributed by atoms with Gasteiger partial charge >= 0.3 is 0 Å². The summed E-state index contributed by atoms with van der Waals surface area (Å²) in [5.74, 6) is 1.66. The third kappa shape index (κ3) is 2.12. The second-order valence-corrected chi connectivity index (χ2v) is 5.64. The maximum Gasteiger partial charge on any atom is 0.0725 e. The quantitative estimate of drug-likeness (QED) is 0.861. The van der Waals surface area contributed by atoms with Crippen LogP contribution in [0.15, 0.2) is 30.3 Å². The van der Waals surface area contributed by atoms with Crippen molar-refractivity contribution in [3.05, 3.63) is 35.9 Å². The number of hydrogen-bond donors (Lipinski definition) is 1. The largest absolute Gasteiger partial charge is 0.378 e. The number of methoxy groups -OCH3 is 1. The second-order valence-electron chi connectivity index (χ2n) is 5.64. The van der Waals surface area contributed by atoms with Crippen LogP contribution >= 0.6 is 0 Å². The number of rotatable bonds is 3. The lowest BCUT2D eigenvalue weighted by molar-refractivity contribution is -0.0102. The zero-order valence-corrected chi connectivity index (χ0v) is 10.5. The van der Waals surface area contributed by atoms with Crippen LogP contribution in [0, 0.1) is 11.8 Å². The second kappa shape index (κ2) is 4.43. The molecule has 0 bridgehead atoms. The molecule has 2 aliphatic rings. The molecule has 0 spiro atoms. The summed E-state index contributed by atoms with van der Waals surface area (Å²) in [5.41, 5.74) is 1.50. The summed E-state index contributed by atoms with van der Waals surface area (Å²) in [6, 6.07) is 10.8. The highest BCUT2D eigenvalue weighted by atomic mass is 16.5. The Labute approximate surface area is 103 Å². The van der Waals surface area contributed by atoms with Crippen molar-refractivity contribution in [2.75, 3.05) is 20.2 Å². The first kappa shape index (κ1) is 11.2. The van der Waals surface area contributed by atoms with Crippen molar-refractivity contribution in [3.63, 3.8) is 0 Å². The lowest BCUT2D eigenvalue weighted by atomic mass is 9.91. The highest BCUT2D eigenvalue weighted by molar-refractivity contribution is 5.18. The van der Waals surface area contributed by atoms with Crippen molar-refractivity contribution in [2.45, 2.75) is 24.9 Å². The molecule has 3 rings (SSSR count). The fraction of sp³-hybridized carbons (Fsp3) is 0.600. The molecule has 1 aromatic carbocycles. The van der Waals surface area contributed by atoms with Gasteiger partial charge in [0.05, 0.1) is 5.60 Å². The SMILES string of the molecule is CO[C@@]1(Cc2ccccc2)C[C@H]2CNC[C@H]2C1. The Kier molecular flexibility index (Phi) is 2.93. The van der Waals surface area contributed by atoms with E-state index in [1.54, 1.807) is 0 Å². The van der Waals surface area contributed by atoms with E-state index in [4.69, 9.17) is 4.74 Å². The molecular weight excluding hydrogens is 210 g/mol. The summed E-state index contributed by atoms with van der Waals surface area (Å²) in [4.78, 5) is 0. The molecule has 1 N–H and O–H groups in total. The van der Waals surface area contributed by atoms with E-state index in [-0.39, 0.29) is 5.60 Å². The number of fused-ring (bicyclic) bond motifs is 1. The van der Waals surface area contributed by atoms with E-state index < -0.39 is 0 Å². The van der Waals surface area contributed by atoms with Crippen LogP contribution in [-0.2, 0) is 11.2 Å². The first-order chi connectivity index (χ1) is 8.31. The number of benzene rings is 1. The van der Waals surface area contributed by atoms with Gasteiger partial charge in [0.25, 0.3) is 0 Å². The van der Waals surface area contributed by atoms with E-state index in [2.05, 4.69) is 35.6 Å². The van der Waals surface area contributed by atoms with Gasteiger partial charge in [0, 0.05) is 13.5 Å². The highest BCUT2D eigenvalue weighted by Gasteiger charge is 2.47. The van der Waals surface area contributed by atoms with Gasteiger partial charge in [0.15, 0.2) is 0 Å². The standard InChI is InChI=1S/C15H21NO/c1-17-15(7-12-5-3-2-4-6-12)8-13-10-16-11-14(13)9-15/h2-6,13-14,16H,7-11H2,1H3/t13-,14+,15-. The molecule has 2 nitrogen and oxygen atoms in total. The average molecular weight is 231 g/mol. The third-order valence-electron chi connectivity index (χ3n) is 4.55. The van der Waals surface area contributed by atoms with Crippen LogP contribution in [0.3, 0.4) is 0 Å². The average Bonchev–Trinajstić information content (AvgIpc) is 2.89. The minimum absolute atomic E-state index is 0.0960. The van der Waals surface area contributed by atoms with E-state index in [1.807, 2.05) is 7.11 Å². The molecule has 1 aliphatic heterocycles. The Morgan fingerprint density at radius 2 is 1.82 bits per heavy atom. The van der Waals surface area contributed by atoms with Crippen LogP contribution in [0.5, 0.6) is 0 Å². The summed E-state index contributed by atoms with van der Waals surface area (Å²) >= 11 is 0. The molecule has 0 radical (unpaired) electrons. The van der Waals surface area contributed by atoms with Crippen LogP contribution in [0.2, 0.25) is 0 Å². The van der Waals surface area contributed by atoms with E-state index in [1.165, 1.54) is 31.5 Å². The van der Waals surface area contributed by atoms with Gasteiger partial charge in [-0.25, -0.2) is 0 Å². The van der Waals surface area contributed by atoms with Crippen molar-refractivity contribution in [1.82, 2.24) is 5.32 Å². The topological polar surface area (TPSA) is 21.3 Å². The van der Waals surface area contributed by atoms with Crippen LogP contribution in [0.25, 0.3) is 0 Å². The summed E-state index contributed by atoms with van der Waals surface area (Å²) in [5, 5.41) is 3.49. The smallest absolute Gasteiger partial charge is 0.0725 e. The van der Waals surface area contributed by atoms with Gasteiger partial charge in [0.2, 0.25) is 0 Å². The number of nitrogens with one attached hydrogen (secondary N) is 1. The van der Waals surface area contributed by atoms with Crippen molar-refractivity contribution < 1.29 is 4.74 Å². The normalized spacial score (nSPS) is 36.1. The summed E-state index contributed by atoms with van der Waals surface area (Å²) < 4.78 is 5.91. The van der Waals surface area contributed by atoms with Crippen molar-refractivity contribution in [2.24, 2.45) is 11.8 Å². The van der Waals surface area contributed by atoms with E-state index >= 15 is 0 Å².